The van der Waals surface area contributed by atoms with E-state index >= 15 is 0 Å². The molecule has 1 N–H and O–H groups in total. The Bertz CT molecular complexity index is 578. The minimum Gasteiger partial charge on any atom is -0.496 e. The molecule has 0 heterocycles. The molecule has 2 rings (SSSR count). The lowest BCUT2D eigenvalue weighted by Crippen LogP contribution is -2.36. The largest absolute Gasteiger partial charge is 0.496 e. The van der Waals surface area contributed by atoms with Crippen LogP contribution in [0.4, 0.5) is 0 Å². The van der Waals surface area contributed by atoms with Crippen molar-refractivity contribution in [2.45, 2.75) is 26.0 Å². The molecule has 108 valence electrons. The van der Waals surface area contributed by atoms with E-state index in [1.54, 1.807) is 14.2 Å². The highest BCUT2D eigenvalue weighted by atomic mass is 16.5. The van der Waals surface area contributed by atoms with Crippen molar-refractivity contribution in [1.29, 1.82) is 0 Å². The Hall–Kier alpha value is -1.58. The van der Waals surface area contributed by atoms with E-state index in [1.807, 2.05) is 6.07 Å². The molecule has 0 spiro atoms. The minimum absolute atomic E-state index is 0.169. The first-order chi connectivity index (χ1) is 9.57. The summed E-state index contributed by atoms with van der Waals surface area (Å²) in [5, 5.41) is 5.92. The summed E-state index contributed by atoms with van der Waals surface area (Å²) in [5.74, 6) is 0.923. The number of hydrogen-bond donors (Lipinski definition) is 1. The Labute approximate surface area is 120 Å². The van der Waals surface area contributed by atoms with Gasteiger partial charge in [0.2, 0.25) is 0 Å². The lowest BCUT2D eigenvalue weighted by atomic mass is 10.0. The SMILES string of the molecule is COc1ccc2ccccc2c1CNCC(C)(C)OC. The average Bonchev–Trinajstić information content (AvgIpc) is 2.47. The average molecular weight is 273 g/mol. The number of fused-ring (bicyclic) bond motifs is 1. The highest BCUT2D eigenvalue weighted by Gasteiger charge is 2.16. The van der Waals surface area contributed by atoms with Crippen molar-refractivity contribution in [2.24, 2.45) is 0 Å². The van der Waals surface area contributed by atoms with Gasteiger partial charge < -0.3 is 14.8 Å². The van der Waals surface area contributed by atoms with Crippen LogP contribution in [0.1, 0.15) is 19.4 Å². The number of rotatable bonds is 6. The van der Waals surface area contributed by atoms with E-state index in [4.69, 9.17) is 9.47 Å². The molecule has 2 aromatic rings. The van der Waals surface area contributed by atoms with Crippen molar-refractivity contribution >= 4 is 10.8 Å². The topological polar surface area (TPSA) is 30.5 Å². The third kappa shape index (κ3) is 3.30. The summed E-state index contributed by atoms with van der Waals surface area (Å²) < 4.78 is 10.9. The molecule has 0 saturated heterocycles. The standard InChI is InChI=1S/C17H23NO2/c1-17(2,20-4)12-18-11-15-14-8-6-5-7-13(14)9-10-16(15)19-3/h5-10,18H,11-12H2,1-4H3. The minimum atomic E-state index is -0.169. The molecule has 0 aliphatic carbocycles. The van der Waals surface area contributed by atoms with Gasteiger partial charge in [-0.3, -0.25) is 0 Å². The van der Waals surface area contributed by atoms with Crippen LogP contribution in [0, 0.1) is 0 Å². The van der Waals surface area contributed by atoms with Crippen molar-refractivity contribution in [1.82, 2.24) is 5.32 Å². The summed E-state index contributed by atoms with van der Waals surface area (Å²) in [6, 6.07) is 12.5. The Kier molecular flexibility index (Phi) is 4.63. The molecule has 0 saturated carbocycles. The van der Waals surface area contributed by atoms with Crippen LogP contribution in [0.25, 0.3) is 10.8 Å². The first-order valence-electron chi connectivity index (χ1n) is 6.88. The Morgan fingerprint density at radius 2 is 1.80 bits per heavy atom. The van der Waals surface area contributed by atoms with E-state index in [2.05, 4.69) is 49.5 Å². The Morgan fingerprint density at radius 3 is 2.50 bits per heavy atom. The predicted molar refractivity (Wildman–Crippen MR) is 83.3 cm³/mol. The summed E-state index contributed by atoms with van der Waals surface area (Å²) in [7, 11) is 3.45. The predicted octanol–water partition coefficient (Wildman–Crippen LogP) is 3.36. The smallest absolute Gasteiger partial charge is 0.123 e. The van der Waals surface area contributed by atoms with Crippen LogP contribution >= 0.6 is 0 Å². The van der Waals surface area contributed by atoms with Crippen LogP contribution in [-0.4, -0.2) is 26.4 Å². The van der Waals surface area contributed by atoms with Gasteiger partial charge in [-0.2, -0.15) is 0 Å². The van der Waals surface area contributed by atoms with Crippen LogP contribution in [-0.2, 0) is 11.3 Å². The lowest BCUT2D eigenvalue weighted by molar-refractivity contribution is 0.0230. The van der Waals surface area contributed by atoms with E-state index in [0.29, 0.717) is 0 Å². The normalized spacial score (nSPS) is 11.8. The second-order valence-electron chi connectivity index (χ2n) is 5.53. The van der Waals surface area contributed by atoms with Gasteiger partial charge in [0.25, 0.3) is 0 Å². The maximum atomic E-state index is 5.49. The zero-order valence-corrected chi connectivity index (χ0v) is 12.7. The van der Waals surface area contributed by atoms with Crippen LogP contribution in [0.2, 0.25) is 0 Å². The fourth-order valence-corrected chi connectivity index (χ4v) is 2.25. The Balaban J connectivity index is 2.23. The maximum Gasteiger partial charge on any atom is 0.123 e. The molecule has 20 heavy (non-hydrogen) atoms. The van der Waals surface area contributed by atoms with E-state index in [0.717, 1.165) is 18.8 Å². The Morgan fingerprint density at radius 1 is 1.05 bits per heavy atom. The van der Waals surface area contributed by atoms with Gasteiger partial charge in [-0.05, 0) is 30.7 Å². The van der Waals surface area contributed by atoms with Crippen molar-refractivity contribution in [3.05, 3.63) is 42.0 Å². The van der Waals surface area contributed by atoms with Gasteiger partial charge in [0.05, 0.1) is 12.7 Å². The molecule has 0 atom stereocenters. The molecule has 0 bridgehead atoms. The summed E-state index contributed by atoms with van der Waals surface area (Å²) in [4.78, 5) is 0. The first kappa shape index (κ1) is 14.8. The molecule has 2 aromatic carbocycles. The molecular weight excluding hydrogens is 250 g/mol. The summed E-state index contributed by atoms with van der Waals surface area (Å²) in [5.41, 5.74) is 1.02. The molecule has 0 aliphatic heterocycles. The third-order valence-corrected chi connectivity index (χ3v) is 3.62. The molecule has 0 radical (unpaired) electrons. The summed E-state index contributed by atoms with van der Waals surface area (Å²) in [6.07, 6.45) is 0. The number of ether oxygens (including phenoxy) is 2. The van der Waals surface area contributed by atoms with Gasteiger partial charge in [-0.25, -0.2) is 0 Å². The fraction of sp³-hybridized carbons (Fsp3) is 0.412. The van der Waals surface area contributed by atoms with Crippen molar-refractivity contribution < 1.29 is 9.47 Å². The first-order valence-corrected chi connectivity index (χ1v) is 6.88. The second kappa shape index (κ2) is 6.25. The zero-order valence-electron chi connectivity index (χ0n) is 12.7. The molecule has 0 unspecified atom stereocenters. The van der Waals surface area contributed by atoms with Crippen LogP contribution in [0.15, 0.2) is 36.4 Å². The number of nitrogens with one attached hydrogen (secondary N) is 1. The van der Waals surface area contributed by atoms with Crippen LogP contribution < -0.4 is 10.1 Å². The monoisotopic (exact) mass is 273 g/mol. The van der Waals surface area contributed by atoms with Crippen molar-refractivity contribution in [3.63, 3.8) is 0 Å². The van der Waals surface area contributed by atoms with E-state index in [1.165, 1.54) is 16.3 Å². The number of hydrogen-bond acceptors (Lipinski definition) is 3. The zero-order chi connectivity index (χ0) is 14.6. The molecule has 0 aromatic heterocycles. The highest BCUT2D eigenvalue weighted by molar-refractivity contribution is 5.87. The summed E-state index contributed by atoms with van der Waals surface area (Å²) in [6.45, 7) is 5.69. The van der Waals surface area contributed by atoms with Gasteiger partial charge in [-0.15, -0.1) is 0 Å². The van der Waals surface area contributed by atoms with Gasteiger partial charge >= 0.3 is 0 Å². The van der Waals surface area contributed by atoms with Crippen LogP contribution in [0.5, 0.6) is 5.75 Å². The quantitative estimate of drug-likeness (QED) is 0.875. The molecule has 0 fully saturated rings. The van der Waals surface area contributed by atoms with Gasteiger partial charge in [0.15, 0.2) is 0 Å². The highest BCUT2D eigenvalue weighted by Crippen LogP contribution is 2.27. The third-order valence-electron chi connectivity index (χ3n) is 3.62. The number of methoxy groups -OCH3 is 2. The van der Waals surface area contributed by atoms with E-state index in [-0.39, 0.29) is 5.60 Å². The van der Waals surface area contributed by atoms with E-state index in [9.17, 15) is 0 Å². The van der Waals surface area contributed by atoms with Gasteiger partial charge in [0, 0.05) is 25.8 Å². The molecule has 0 amide bonds. The van der Waals surface area contributed by atoms with E-state index < -0.39 is 0 Å². The fourth-order valence-electron chi connectivity index (χ4n) is 2.25. The molecule has 0 aliphatic rings. The maximum absolute atomic E-state index is 5.49. The molecule has 3 nitrogen and oxygen atoms in total. The summed E-state index contributed by atoms with van der Waals surface area (Å²) >= 11 is 0. The van der Waals surface area contributed by atoms with Gasteiger partial charge in [0.1, 0.15) is 5.75 Å². The molecule has 3 heteroatoms. The van der Waals surface area contributed by atoms with Crippen LogP contribution in [0.3, 0.4) is 0 Å². The van der Waals surface area contributed by atoms with Crippen molar-refractivity contribution in [2.75, 3.05) is 20.8 Å². The molecular formula is C17H23NO2. The number of benzene rings is 2. The van der Waals surface area contributed by atoms with Crippen molar-refractivity contribution in [3.8, 4) is 5.75 Å². The lowest BCUT2D eigenvalue weighted by Gasteiger charge is -2.23. The second-order valence-corrected chi connectivity index (χ2v) is 5.53. The van der Waals surface area contributed by atoms with Gasteiger partial charge in [-0.1, -0.05) is 30.3 Å².